The van der Waals surface area contributed by atoms with E-state index in [1.54, 1.807) is 42.7 Å². The summed E-state index contributed by atoms with van der Waals surface area (Å²) in [4.78, 5) is 22.2. The topological polar surface area (TPSA) is 127 Å². The minimum atomic E-state index is -3.60. The molecule has 38 heavy (non-hydrogen) atoms. The molecule has 3 rings (SSSR count). The number of fused-ring (bicyclic) bond motifs is 1. The lowest BCUT2D eigenvalue weighted by Gasteiger charge is -2.16. The largest absolute Gasteiger partial charge is 0.361 e. The number of nitrogens with zero attached hydrogens (tertiary/aromatic N) is 4. The second-order valence-electron chi connectivity index (χ2n) is 11.5. The van der Waals surface area contributed by atoms with E-state index in [0.29, 0.717) is 40.4 Å². The SMILES string of the molecule is CC(C)(C)C(=O)c1cn(COCC[Si](C)(C)C)c2ncc(Nc3ccc(/C=C(\C#N)S(C)(=O)=O)cc3)nc12. The van der Waals surface area contributed by atoms with Crippen molar-refractivity contribution in [3.05, 3.63) is 52.7 Å². The number of rotatable bonds is 10. The summed E-state index contributed by atoms with van der Waals surface area (Å²) in [6.45, 7) is 13.4. The van der Waals surface area contributed by atoms with Gasteiger partial charge in [0.2, 0.25) is 0 Å². The first-order chi connectivity index (χ1) is 17.6. The average molecular weight is 554 g/mol. The van der Waals surface area contributed by atoms with Crippen molar-refractivity contribution in [1.29, 1.82) is 5.26 Å². The van der Waals surface area contributed by atoms with E-state index >= 15 is 0 Å². The maximum Gasteiger partial charge on any atom is 0.185 e. The lowest BCUT2D eigenvalue weighted by molar-refractivity contribution is 0.0849. The molecule has 3 aromatic rings. The van der Waals surface area contributed by atoms with Gasteiger partial charge in [0, 0.05) is 38.2 Å². The first-order valence-corrected chi connectivity index (χ1v) is 17.9. The molecule has 0 aliphatic rings. The van der Waals surface area contributed by atoms with E-state index in [1.165, 1.54) is 6.08 Å². The number of nitrogens with one attached hydrogen (secondary N) is 1. The van der Waals surface area contributed by atoms with Crippen LogP contribution in [0.3, 0.4) is 0 Å². The van der Waals surface area contributed by atoms with Crippen LogP contribution in [0.15, 0.2) is 41.6 Å². The standard InChI is InChI=1S/C27H35N5O4SSi/c1-27(2,3)25(33)22-17-32(18-36-12-13-38(5,6)7)26-24(22)31-23(16-29-26)30-20-10-8-19(9-11-20)14-21(15-28)37(4,34)35/h8-11,14,16-17H,12-13,18H2,1-7H3,(H,30,31)/b21-14+. The highest BCUT2D eigenvalue weighted by atomic mass is 32.2. The maximum atomic E-state index is 13.2. The van der Waals surface area contributed by atoms with Crippen LogP contribution in [0, 0.1) is 16.7 Å². The van der Waals surface area contributed by atoms with E-state index in [4.69, 9.17) is 15.0 Å². The zero-order valence-electron chi connectivity index (χ0n) is 23.0. The number of aromatic nitrogens is 3. The van der Waals surface area contributed by atoms with E-state index in [0.717, 1.165) is 12.3 Å². The Balaban J connectivity index is 1.89. The highest BCUT2D eigenvalue weighted by Crippen LogP contribution is 2.28. The molecule has 0 aliphatic carbocycles. The number of Topliss-reactive ketones (excluding diaryl/α,β-unsaturated/α-hetero) is 1. The minimum Gasteiger partial charge on any atom is -0.361 e. The third-order valence-electron chi connectivity index (χ3n) is 5.71. The van der Waals surface area contributed by atoms with Gasteiger partial charge in [-0.3, -0.25) is 4.79 Å². The molecule has 1 N–H and O–H groups in total. The number of ketones is 1. The molecule has 0 saturated heterocycles. The monoisotopic (exact) mass is 553 g/mol. The number of benzene rings is 1. The molecule has 9 nitrogen and oxygen atoms in total. The van der Waals surface area contributed by atoms with Crippen molar-refractivity contribution in [2.45, 2.75) is 53.2 Å². The quantitative estimate of drug-likeness (QED) is 0.148. The van der Waals surface area contributed by atoms with E-state index in [1.807, 2.05) is 25.3 Å². The fraction of sp³-hybridized carbons (Fsp3) is 0.407. The summed E-state index contributed by atoms with van der Waals surface area (Å²) >= 11 is 0. The first kappa shape index (κ1) is 29.2. The minimum absolute atomic E-state index is 0.0369. The Bertz CT molecular complexity index is 1510. The Kier molecular flexibility index (Phi) is 8.60. The molecule has 0 bridgehead atoms. The molecular weight excluding hydrogens is 518 g/mol. The van der Waals surface area contributed by atoms with Gasteiger partial charge >= 0.3 is 0 Å². The molecule has 0 saturated carbocycles. The summed E-state index contributed by atoms with van der Waals surface area (Å²) in [5.74, 6) is 0.417. The third kappa shape index (κ3) is 7.60. The van der Waals surface area contributed by atoms with Crippen molar-refractivity contribution < 1.29 is 17.9 Å². The molecule has 1 aromatic carbocycles. The van der Waals surface area contributed by atoms with Crippen molar-refractivity contribution in [2.24, 2.45) is 5.41 Å². The number of nitriles is 1. The van der Waals surface area contributed by atoms with Gasteiger partial charge in [-0.05, 0) is 29.8 Å². The summed E-state index contributed by atoms with van der Waals surface area (Å²) in [7, 11) is -4.82. The van der Waals surface area contributed by atoms with Gasteiger partial charge in [-0.2, -0.15) is 5.26 Å². The van der Waals surface area contributed by atoms with Crippen molar-refractivity contribution in [3.8, 4) is 6.07 Å². The Labute approximate surface area is 225 Å². The van der Waals surface area contributed by atoms with E-state index in [2.05, 4.69) is 29.9 Å². The third-order valence-corrected chi connectivity index (χ3v) is 8.42. The van der Waals surface area contributed by atoms with E-state index in [-0.39, 0.29) is 17.4 Å². The summed E-state index contributed by atoms with van der Waals surface area (Å²) in [5, 5.41) is 12.3. The second-order valence-corrected chi connectivity index (χ2v) is 19.1. The Morgan fingerprint density at radius 2 is 1.87 bits per heavy atom. The number of hydrogen-bond acceptors (Lipinski definition) is 8. The van der Waals surface area contributed by atoms with Crippen molar-refractivity contribution >= 4 is 52.4 Å². The van der Waals surface area contributed by atoms with Crippen LogP contribution in [0.2, 0.25) is 25.7 Å². The lowest BCUT2D eigenvalue weighted by atomic mass is 9.87. The number of hydrogen-bond donors (Lipinski definition) is 1. The van der Waals surface area contributed by atoms with Gasteiger partial charge < -0.3 is 14.6 Å². The highest BCUT2D eigenvalue weighted by Gasteiger charge is 2.28. The molecule has 0 radical (unpaired) electrons. The number of carbonyl (C=O) groups is 1. The van der Waals surface area contributed by atoms with Crippen LogP contribution in [0.1, 0.15) is 36.7 Å². The molecule has 2 heterocycles. The molecule has 0 atom stereocenters. The van der Waals surface area contributed by atoms with Gasteiger partial charge in [-0.25, -0.2) is 18.4 Å². The highest BCUT2D eigenvalue weighted by molar-refractivity contribution is 7.95. The number of sulfone groups is 1. The normalized spacial score (nSPS) is 12.9. The van der Waals surface area contributed by atoms with Crippen LogP contribution in [-0.4, -0.2) is 49.7 Å². The number of allylic oxidation sites excluding steroid dienone is 1. The average Bonchev–Trinajstić information content (AvgIpc) is 3.16. The number of ether oxygens (including phenoxy) is 1. The molecule has 0 aliphatic heterocycles. The smallest absolute Gasteiger partial charge is 0.185 e. The van der Waals surface area contributed by atoms with Gasteiger partial charge in [-0.1, -0.05) is 52.5 Å². The first-order valence-electron chi connectivity index (χ1n) is 12.3. The van der Waals surface area contributed by atoms with Gasteiger partial charge in [0.1, 0.15) is 29.0 Å². The van der Waals surface area contributed by atoms with E-state index < -0.39 is 23.3 Å². The van der Waals surface area contributed by atoms with Crippen molar-refractivity contribution in [2.75, 3.05) is 18.2 Å². The fourth-order valence-electron chi connectivity index (χ4n) is 3.51. The zero-order valence-corrected chi connectivity index (χ0v) is 24.8. The summed E-state index contributed by atoms with van der Waals surface area (Å²) < 4.78 is 31.1. The molecule has 0 spiro atoms. The van der Waals surface area contributed by atoms with Crippen LogP contribution in [0.4, 0.5) is 11.5 Å². The van der Waals surface area contributed by atoms with Gasteiger partial charge in [-0.15, -0.1) is 0 Å². The molecule has 11 heteroatoms. The number of carbonyl (C=O) groups excluding carboxylic acids is 1. The summed E-state index contributed by atoms with van der Waals surface area (Å²) in [6.07, 6.45) is 5.69. The van der Waals surface area contributed by atoms with Crippen molar-refractivity contribution in [1.82, 2.24) is 14.5 Å². The Hall–Kier alpha value is -3.33. The summed E-state index contributed by atoms with van der Waals surface area (Å²) in [5.41, 5.74) is 2.22. The van der Waals surface area contributed by atoms with Gasteiger partial charge in [0.25, 0.3) is 0 Å². The predicted molar refractivity (Wildman–Crippen MR) is 154 cm³/mol. The van der Waals surface area contributed by atoms with Crippen LogP contribution < -0.4 is 5.32 Å². The van der Waals surface area contributed by atoms with Gasteiger partial charge in [0.15, 0.2) is 21.3 Å². The number of anilines is 2. The molecule has 2 aromatic heterocycles. The Morgan fingerprint density at radius 3 is 2.42 bits per heavy atom. The van der Waals surface area contributed by atoms with Crippen LogP contribution in [0.25, 0.3) is 17.2 Å². The fourth-order valence-corrected chi connectivity index (χ4v) is 4.78. The molecule has 0 fully saturated rings. The van der Waals surface area contributed by atoms with Crippen LogP contribution in [0.5, 0.6) is 0 Å². The predicted octanol–water partition coefficient (Wildman–Crippen LogP) is 5.63. The molecule has 0 unspecified atom stereocenters. The van der Waals surface area contributed by atoms with Crippen LogP contribution >= 0.6 is 0 Å². The molecule has 0 amide bonds. The van der Waals surface area contributed by atoms with E-state index in [9.17, 15) is 13.2 Å². The second kappa shape index (κ2) is 11.2. The Morgan fingerprint density at radius 1 is 1.21 bits per heavy atom. The maximum absolute atomic E-state index is 13.2. The summed E-state index contributed by atoms with van der Waals surface area (Å²) in [6, 6.07) is 9.63. The van der Waals surface area contributed by atoms with Gasteiger partial charge in [0.05, 0.1) is 11.8 Å². The molecular formula is C27H35N5O4SSi. The lowest BCUT2D eigenvalue weighted by Crippen LogP contribution is -2.22. The zero-order chi connectivity index (χ0) is 28.3. The van der Waals surface area contributed by atoms with Crippen molar-refractivity contribution in [3.63, 3.8) is 0 Å². The van der Waals surface area contributed by atoms with Crippen LogP contribution in [-0.2, 0) is 21.3 Å². The molecule has 202 valence electrons.